The minimum absolute atomic E-state index is 0.126. The lowest BCUT2D eigenvalue weighted by Crippen LogP contribution is -2.37. The minimum Gasteiger partial charge on any atom is -0.391 e. The summed E-state index contributed by atoms with van der Waals surface area (Å²) < 4.78 is 4.66. The van der Waals surface area contributed by atoms with Crippen LogP contribution in [-0.2, 0) is 11.2 Å². The molecule has 1 saturated carbocycles. The van der Waals surface area contributed by atoms with Crippen molar-refractivity contribution in [1.29, 1.82) is 0 Å². The van der Waals surface area contributed by atoms with Gasteiger partial charge in [0.25, 0.3) is 0 Å². The van der Waals surface area contributed by atoms with Crippen LogP contribution in [-0.4, -0.2) is 28.8 Å². The maximum absolute atomic E-state index is 11.6. The van der Waals surface area contributed by atoms with Gasteiger partial charge in [-0.25, -0.2) is 0 Å². The molecule has 1 heterocycles. The normalized spacial score (nSPS) is 18.5. The van der Waals surface area contributed by atoms with Gasteiger partial charge in [-0.3, -0.25) is 4.79 Å². The van der Waals surface area contributed by atoms with Crippen molar-refractivity contribution < 1.29 is 14.4 Å². The predicted octanol–water partition coefficient (Wildman–Crippen LogP) is 1.27. The van der Waals surface area contributed by atoms with Crippen LogP contribution in [0.15, 0.2) is 16.9 Å². The summed E-state index contributed by atoms with van der Waals surface area (Å²) in [5, 5.41) is 16.4. The van der Waals surface area contributed by atoms with E-state index >= 15 is 0 Å². The van der Waals surface area contributed by atoms with Crippen molar-refractivity contribution in [3.63, 3.8) is 0 Å². The van der Waals surface area contributed by atoms with Gasteiger partial charge in [0.05, 0.1) is 18.2 Å². The Bertz CT molecular complexity index is 358. The highest BCUT2D eigenvalue weighted by molar-refractivity contribution is 5.78. The Morgan fingerprint density at radius 3 is 2.94 bits per heavy atom. The van der Waals surface area contributed by atoms with Gasteiger partial charge in [0.15, 0.2) is 0 Å². The third-order valence-corrected chi connectivity index (χ3v) is 3.54. The van der Waals surface area contributed by atoms with Gasteiger partial charge in [-0.2, -0.15) is 0 Å². The maximum Gasteiger partial charge on any atom is 0.226 e. The molecule has 0 bridgehead atoms. The van der Waals surface area contributed by atoms with Crippen LogP contribution >= 0.6 is 0 Å². The molecular formula is C13H20N2O3. The number of hydrogen-bond donors (Lipinski definition) is 2. The maximum atomic E-state index is 11.6. The van der Waals surface area contributed by atoms with Crippen molar-refractivity contribution in [1.82, 2.24) is 10.5 Å². The van der Waals surface area contributed by atoms with Crippen molar-refractivity contribution in [2.75, 3.05) is 6.54 Å². The van der Waals surface area contributed by atoms with E-state index in [4.69, 9.17) is 0 Å². The van der Waals surface area contributed by atoms with Gasteiger partial charge >= 0.3 is 0 Å². The lowest BCUT2D eigenvalue weighted by Gasteiger charge is -2.26. The summed E-state index contributed by atoms with van der Waals surface area (Å²) in [6.07, 6.45) is 7.01. The largest absolute Gasteiger partial charge is 0.391 e. The first-order chi connectivity index (χ1) is 8.75. The van der Waals surface area contributed by atoms with E-state index in [0.29, 0.717) is 18.2 Å². The Balaban J connectivity index is 1.68. The lowest BCUT2D eigenvalue weighted by atomic mass is 9.85. The second-order valence-corrected chi connectivity index (χ2v) is 4.94. The smallest absolute Gasteiger partial charge is 0.226 e. The van der Waals surface area contributed by atoms with E-state index < -0.39 is 6.10 Å². The Morgan fingerprint density at radius 1 is 1.50 bits per heavy atom. The number of hydrogen-bond acceptors (Lipinski definition) is 4. The molecule has 2 N–H and O–H groups in total. The molecule has 18 heavy (non-hydrogen) atoms. The Morgan fingerprint density at radius 2 is 2.28 bits per heavy atom. The summed E-state index contributed by atoms with van der Waals surface area (Å²) in [5.74, 6) is 0.213. The zero-order chi connectivity index (χ0) is 12.8. The molecule has 1 aliphatic rings. The topological polar surface area (TPSA) is 75.4 Å². The van der Waals surface area contributed by atoms with Crippen LogP contribution in [0.1, 0.15) is 37.8 Å². The molecule has 0 radical (unpaired) electrons. The summed E-state index contributed by atoms with van der Waals surface area (Å²) in [5.41, 5.74) is 0.611. The number of rotatable bonds is 5. The molecule has 0 aliphatic heterocycles. The third-order valence-electron chi connectivity index (χ3n) is 3.54. The van der Waals surface area contributed by atoms with Crippen molar-refractivity contribution in [3.8, 4) is 0 Å². The lowest BCUT2D eigenvalue weighted by molar-refractivity contribution is -0.121. The molecule has 0 saturated heterocycles. The van der Waals surface area contributed by atoms with Crippen molar-refractivity contribution in [2.24, 2.45) is 5.92 Å². The number of aliphatic hydroxyl groups excluding tert-OH is 1. The van der Waals surface area contributed by atoms with Gasteiger partial charge in [0, 0.05) is 12.6 Å². The fraction of sp³-hybridized carbons (Fsp3) is 0.692. The van der Waals surface area contributed by atoms with Gasteiger partial charge in [0.2, 0.25) is 5.91 Å². The van der Waals surface area contributed by atoms with Crippen molar-refractivity contribution in [2.45, 2.75) is 44.6 Å². The first-order valence-corrected chi connectivity index (χ1v) is 6.59. The van der Waals surface area contributed by atoms with Crippen LogP contribution < -0.4 is 5.32 Å². The van der Waals surface area contributed by atoms with E-state index in [2.05, 4.69) is 15.0 Å². The molecule has 0 spiro atoms. The highest BCUT2D eigenvalue weighted by Gasteiger charge is 2.21. The molecule has 100 valence electrons. The quantitative estimate of drug-likeness (QED) is 0.827. The molecular weight excluding hydrogens is 232 g/mol. The van der Waals surface area contributed by atoms with Gasteiger partial charge in [-0.1, -0.05) is 24.4 Å². The summed E-state index contributed by atoms with van der Waals surface area (Å²) in [4.78, 5) is 11.6. The molecule has 5 nitrogen and oxygen atoms in total. The van der Waals surface area contributed by atoms with Crippen LogP contribution in [0.3, 0.4) is 0 Å². The van der Waals surface area contributed by atoms with Crippen LogP contribution in [0.25, 0.3) is 0 Å². The van der Waals surface area contributed by atoms with Crippen LogP contribution in [0.5, 0.6) is 0 Å². The number of aliphatic hydroxyl groups is 1. The molecule has 0 aromatic carbocycles. The molecule has 2 rings (SSSR count). The van der Waals surface area contributed by atoms with Crippen molar-refractivity contribution in [3.05, 3.63) is 18.0 Å². The molecule has 1 aromatic heterocycles. The number of aromatic nitrogens is 1. The molecule has 1 aromatic rings. The van der Waals surface area contributed by atoms with Gasteiger partial charge in [-0.05, 0) is 18.8 Å². The Labute approximate surface area is 107 Å². The number of carbonyl (C=O) groups excluding carboxylic acids is 1. The predicted molar refractivity (Wildman–Crippen MR) is 65.8 cm³/mol. The second kappa shape index (κ2) is 6.54. The Kier molecular flexibility index (Phi) is 4.75. The molecule has 1 amide bonds. The van der Waals surface area contributed by atoms with Gasteiger partial charge in [0.1, 0.15) is 6.26 Å². The average Bonchev–Trinajstić information content (AvgIpc) is 2.90. The summed E-state index contributed by atoms with van der Waals surface area (Å²) >= 11 is 0. The van der Waals surface area contributed by atoms with Gasteiger partial charge in [-0.15, -0.1) is 0 Å². The number of nitrogens with one attached hydrogen (secondary N) is 1. The average molecular weight is 252 g/mol. The molecule has 1 aliphatic carbocycles. The second-order valence-electron chi connectivity index (χ2n) is 4.94. The third kappa shape index (κ3) is 3.84. The first-order valence-electron chi connectivity index (χ1n) is 6.59. The molecule has 0 unspecified atom stereocenters. The minimum atomic E-state index is -0.424. The zero-order valence-electron chi connectivity index (χ0n) is 10.5. The van der Waals surface area contributed by atoms with E-state index in [1.54, 1.807) is 6.07 Å². The van der Waals surface area contributed by atoms with Crippen molar-refractivity contribution >= 4 is 5.91 Å². The van der Waals surface area contributed by atoms with Crippen LogP contribution in [0.4, 0.5) is 0 Å². The summed E-state index contributed by atoms with van der Waals surface area (Å²) in [6.45, 7) is 0.335. The number of nitrogens with zero attached hydrogens (tertiary/aromatic N) is 1. The molecule has 1 atom stereocenters. The highest BCUT2D eigenvalue weighted by Crippen LogP contribution is 2.26. The zero-order valence-corrected chi connectivity index (χ0v) is 10.5. The van der Waals surface area contributed by atoms with E-state index in [1.165, 1.54) is 25.5 Å². The first kappa shape index (κ1) is 13.1. The standard InChI is InChI=1S/C13H20N2O3/c16-12(10-4-2-1-3-5-10)9-14-13(17)8-11-6-7-18-15-11/h6-7,10,12,16H,1-5,8-9H2,(H,14,17)/t12-/m0/s1. The number of amides is 1. The molecule has 1 fully saturated rings. The van der Waals surface area contributed by atoms with Crippen LogP contribution in [0, 0.1) is 5.92 Å². The van der Waals surface area contributed by atoms with E-state index in [-0.39, 0.29) is 12.3 Å². The number of carbonyl (C=O) groups is 1. The highest BCUT2D eigenvalue weighted by atomic mass is 16.5. The fourth-order valence-corrected chi connectivity index (χ4v) is 2.46. The van der Waals surface area contributed by atoms with Crippen LogP contribution in [0.2, 0.25) is 0 Å². The van der Waals surface area contributed by atoms with E-state index in [1.807, 2.05) is 0 Å². The van der Waals surface area contributed by atoms with E-state index in [9.17, 15) is 9.90 Å². The molecule has 5 heteroatoms. The van der Waals surface area contributed by atoms with E-state index in [0.717, 1.165) is 12.8 Å². The summed E-state index contributed by atoms with van der Waals surface area (Å²) in [7, 11) is 0. The monoisotopic (exact) mass is 252 g/mol. The summed E-state index contributed by atoms with van der Waals surface area (Å²) in [6, 6.07) is 1.66. The SMILES string of the molecule is O=C(Cc1ccon1)NC[C@H](O)C1CCCCC1. The fourth-order valence-electron chi connectivity index (χ4n) is 2.46. The Hall–Kier alpha value is -1.36. The van der Waals surface area contributed by atoms with Gasteiger partial charge < -0.3 is 14.9 Å².